The molecule has 0 saturated carbocycles. The van der Waals surface area contributed by atoms with Crippen molar-refractivity contribution in [3.63, 3.8) is 0 Å². The third kappa shape index (κ3) is 3.99. The van der Waals surface area contributed by atoms with Crippen LogP contribution in [0, 0.1) is 10.1 Å². The SMILES string of the molecule is CN=C=O.O=[N+]([O-])c1c(Cl)c(Cl)c(Cl)c(Cl)c1Cl. The van der Waals surface area contributed by atoms with Gasteiger partial charge < -0.3 is 0 Å². The zero-order chi connectivity index (χ0) is 14.5. The predicted molar refractivity (Wildman–Crippen MR) is 72.2 cm³/mol. The Hall–Kier alpha value is -0.550. The standard InChI is InChI=1S/C6Cl5NO2.C2H3NO/c7-1-2(8)4(10)6(12(13)14)5(11)3(1)9;1-3-2-4/h;1H3. The van der Waals surface area contributed by atoms with Crippen LogP contribution in [-0.2, 0) is 4.79 Å². The highest BCUT2D eigenvalue weighted by molar-refractivity contribution is 6.56. The van der Waals surface area contributed by atoms with Gasteiger partial charge in [0.05, 0.1) is 20.0 Å². The van der Waals surface area contributed by atoms with E-state index in [9.17, 15) is 10.1 Å². The highest BCUT2D eigenvalue weighted by Crippen LogP contribution is 2.47. The summed E-state index contributed by atoms with van der Waals surface area (Å²) in [6.07, 6.45) is 1.31. The van der Waals surface area contributed by atoms with Crippen molar-refractivity contribution >= 4 is 69.8 Å². The van der Waals surface area contributed by atoms with E-state index in [1.165, 1.54) is 13.1 Å². The molecule has 1 aromatic rings. The van der Waals surface area contributed by atoms with Crippen molar-refractivity contribution in [3.8, 4) is 0 Å². The minimum absolute atomic E-state index is 0.103. The zero-order valence-corrected chi connectivity index (χ0v) is 12.3. The smallest absolute Gasteiger partial charge is 0.258 e. The predicted octanol–water partition coefficient (Wildman–Crippen LogP) is 4.81. The molecule has 0 unspecified atom stereocenters. The highest BCUT2D eigenvalue weighted by Gasteiger charge is 2.27. The largest absolute Gasteiger partial charge is 0.309 e. The van der Waals surface area contributed by atoms with E-state index in [4.69, 9.17) is 62.8 Å². The Morgan fingerprint density at radius 1 is 1.00 bits per heavy atom. The van der Waals surface area contributed by atoms with Crippen LogP contribution in [0.4, 0.5) is 5.69 Å². The second-order valence-corrected chi connectivity index (χ2v) is 4.38. The lowest BCUT2D eigenvalue weighted by Gasteiger charge is -2.05. The molecule has 0 fully saturated rings. The van der Waals surface area contributed by atoms with Gasteiger partial charge in [-0.15, -0.1) is 0 Å². The fourth-order valence-electron chi connectivity index (χ4n) is 0.754. The molecule has 18 heavy (non-hydrogen) atoms. The summed E-state index contributed by atoms with van der Waals surface area (Å²) in [6.45, 7) is 0. The van der Waals surface area contributed by atoms with Crippen molar-refractivity contribution in [2.45, 2.75) is 0 Å². The summed E-state index contributed by atoms with van der Waals surface area (Å²) in [6, 6.07) is 0. The zero-order valence-electron chi connectivity index (χ0n) is 8.51. The molecule has 0 aliphatic heterocycles. The van der Waals surface area contributed by atoms with Crippen molar-refractivity contribution in [2.24, 2.45) is 4.99 Å². The summed E-state index contributed by atoms with van der Waals surface area (Å²) < 4.78 is 0. The van der Waals surface area contributed by atoms with Crippen LogP contribution in [0.5, 0.6) is 0 Å². The van der Waals surface area contributed by atoms with E-state index < -0.39 is 10.6 Å². The number of nitro benzene ring substituents is 1. The van der Waals surface area contributed by atoms with E-state index in [0.717, 1.165) is 0 Å². The number of carbonyl (C=O) groups excluding carboxylic acids is 1. The minimum Gasteiger partial charge on any atom is -0.258 e. The number of rotatable bonds is 1. The third-order valence-electron chi connectivity index (χ3n) is 1.46. The van der Waals surface area contributed by atoms with Crippen LogP contribution in [-0.4, -0.2) is 18.1 Å². The summed E-state index contributed by atoms with van der Waals surface area (Å²) in [5.74, 6) is 0. The van der Waals surface area contributed by atoms with Crippen molar-refractivity contribution in [1.82, 2.24) is 0 Å². The maximum atomic E-state index is 10.5. The lowest BCUT2D eigenvalue weighted by molar-refractivity contribution is -0.384. The first-order valence-corrected chi connectivity index (χ1v) is 5.80. The van der Waals surface area contributed by atoms with Crippen molar-refractivity contribution in [2.75, 3.05) is 7.05 Å². The molecule has 5 nitrogen and oxygen atoms in total. The maximum Gasteiger partial charge on any atom is 0.309 e. The fraction of sp³-hybridized carbons (Fsp3) is 0.125. The summed E-state index contributed by atoms with van der Waals surface area (Å²) in [4.78, 5) is 21.6. The van der Waals surface area contributed by atoms with Crippen molar-refractivity contribution in [1.29, 1.82) is 0 Å². The van der Waals surface area contributed by atoms with E-state index in [1.54, 1.807) is 0 Å². The summed E-state index contributed by atoms with van der Waals surface area (Å²) in [5.41, 5.74) is -0.548. The van der Waals surface area contributed by atoms with Gasteiger partial charge in [-0.1, -0.05) is 58.0 Å². The van der Waals surface area contributed by atoms with Crippen LogP contribution in [0.3, 0.4) is 0 Å². The molecule has 0 aliphatic carbocycles. The normalized spacial score (nSPS) is 9.00. The van der Waals surface area contributed by atoms with Crippen molar-refractivity contribution < 1.29 is 9.72 Å². The van der Waals surface area contributed by atoms with E-state index in [2.05, 4.69) is 4.99 Å². The molecule has 0 aromatic heterocycles. The van der Waals surface area contributed by atoms with Gasteiger partial charge in [0.2, 0.25) is 6.08 Å². The number of hydrogen-bond donors (Lipinski definition) is 0. The van der Waals surface area contributed by atoms with Gasteiger partial charge in [0.15, 0.2) is 0 Å². The van der Waals surface area contributed by atoms with E-state index in [-0.39, 0.29) is 25.1 Å². The van der Waals surface area contributed by atoms with Gasteiger partial charge in [-0.3, -0.25) is 10.1 Å². The molecule has 0 spiro atoms. The van der Waals surface area contributed by atoms with Gasteiger partial charge >= 0.3 is 5.69 Å². The van der Waals surface area contributed by atoms with Crippen LogP contribution in [0.25, 0.3) is 0 Å². The lowest BCUT2D eigenvalue weighted by atomic mass is 10.3. The maximum absolute atomic E-state index is 10.5. The molecule has 0 amide bonds. The van der Waals surface area contributed by atoms with Crippen molar-refractivity contribution in [3.05, 3.63) is 35.2 Å². The summed E-state index contributed by atoms with van der Waals surface area (Å²) in [7, 11) is 1.38. The number of hydrogen-bond acceptors (Lipinski definition) is 4. The first-order chi connectivity index (χ1) is 8.29. The molecule has 0 atom stereocenters. The molecule has 10 heteroatoms. The van der Waals surface area contributed by atoms with E-state index in [0.29, 0.717) is 0 Å². The van der Waals surface area contributed by atoms with Crippen LogP contribution in [0.2, 0.25) is 25.1 Å². The molecule has 1 rings (SSSR count). The second kappa shape index (κ2) is 7.79. The number of nitro groups is 1. The molecule has 0 heterocycles. The van der Waals surface area contributed by atoms with Gasteiger partial charge in [-0.05, 0) is 0 Å². The average molecular weight is 352 g/mol. The number of nitrogens with zero attached hydrogens (tertiary/aromatic N) is 2. The van der Waals surface area contributed by atoms with Gasteiger partial charge in [0, 0.05) is 7.05 Å². The highest BCUT2D eigenvalue weighted by atomic mass is 35.5. The second-order valence-electron chi connectivity index (χ2n) is 2.49. The van der Waals surface area contributed by atoms with Gasteiger partial charge in [-0.25, -0.2) is 9.79 Å². The molecule has 0 aliphatic rings. The molecule has 1 aromatic carbocycles. The van der Waals surface area contributed by atoms with Gasteiger partial charge in [0.25, 0.3) is 0 Å². The first-order valence-electron chi connectivity index (χ1n) is 3.91. The summed E-state index contributed by atoms with van der Waals surface area (Å²) >= 11 is 27.9. The van der Waals surface area contributed by atoms with E-state index >= 15 is 0 Å². The number of isocyanates is 1. The molecule has 0 N–H and O–H groups in total. The minimum atomic E-state index is -0.779. The molecule has 0 saturated heterocycles. The molecule has 98 valence electrons. The Morgan fingerprint density at radius 3 is 1.50 bits per heavy atom. The van der Waals surface area contributed by atoms with Crippen LogP contribution >= 0.6 is 58.0 Å². The Morgan fingerprint density at radius 2 is 1.28 bits per heavy atom. The number of benzene rings is 1. The quantitative estimate of drug-likeness (QED) is 0.182. The summed E-state index contributed by atoms with van der Waals surface area (Å²) in [5, 5.41) is 9.41. The number of halogens is 5. The van der Waals surface area contributed by atoms with Gasteiger partial charge in [-0.2, -0.15) is 0 Å². The Bertz CT molecular complexity index is 499. The molecule has 0 bridgehead atoms. The van der Waals surface area contributed by atoms with Gasteiger partial charge in [0.1, 0.15) is 10.0 Å². The van der Waals surface area contributed by atoms with Crippen LogP contribution in [0.1, 0.15) is 0 Å². The van der Waals surface area contributed by atoms with Crippen LogP contribution < -0.4 is 0 Å². The van der Waals surface area contributed by atoms with E-state index in [1.807, 2.05) is 0 Å². The average Bonchev–Trinajstić information content (AvgIpc) is 2.34. The molecular weight excluding hydrogens is 349 g/mol. The Kier molecular flexibility index (Phi) is 7.55. The lowest BCUT2D eigenvalue weighted by Crippen LogP contribution is -1.92. The first kappa shape index (κ1) is 17.4. The third-order valence-corrected chi connectivity index (χ3v) is 3.72. The monoisotopic (exact) mass is 350 g/mol. The Labute approximate surface area is 126 Å². The molecule has 0 radical (unpaired) electrons. The Balaban J connectivity index is 0.000000631. The fourth-order valence-corrected chi connectivity index (χ4v) is 2.02. The van der Waals surface area contributed by atoms with Crippen LogP contribution in [0.15, 0.2) is 4.99 Å². The molecular formula is C8H3Cl5N2O3. The number of aliphatic imine (C=N–C) groups is 1. The topological polar surface area (TPSA) is 72.6 Å².